The quantitative estimate of drug-likeness (QED) is 0.684. The van der Waals surface area contributed by atoms with Gasteiger partial charge in [0.05, 0.1) is 0 Å². The summed E-state index contributed by atoms with van der Waals surface area (Å²) in [7, 11) is 0. The predicted octanol–water partition coefficient (Wildman–Crippen LogP) is 2.04. The van der Waals surface area contributed by atoms with Gasteiger partial charge in [-0.05, 0) is 24.8 Å². The van der Waals surface area contributed by atoms with E-state index in [-0.39, 0.29) is 5.57 Å². The zero-order chi connectivity index (χ0) is 11.3. The van der Waals surface area contributed by atoms with E-state index >= 15 is 0 Å². The second kappa shape index (κ2) is 5.91. The van der Waals surface area contributed by atoms with E-state index in [1.54, 1.807) is 0 Å². The lowest BCUT2D eigenvalue weighted by atomic mass is 9.80. The number of hydrogen-bond donors (Lipinski definition) is 2. The van der Waals surface area contributed by atoms with Gasteiger partial charge in [-0.15, -0.1) is 0 Å². The summed E-state index contributed by atoms with van der Waals surface area (Å²) in [6, 6.07) is 0. The van der Waals surface area contributed by atoms with Crippen LogP contribution >= 0.6 is 0 Å². The fourth-order valence-electron chi connectivity index (χ4n) is 2.18. The Labute approximate surface area is 91.6 Å². The first kappa shape index (κ1) is 12.2. The van der Waals surface area contributed by atoms with Crippen molar-refractivity contribution in [2.75, 3.05) is 13.1 Å². The van der Waals surface area contributed by atoms with Crippen LogP contribution in [0.5, 0.6) is 0 Å². The summed E-state index contributed by atoms with van der Waals surface area (Å²) < 4.78 is 0. The van der Waals surface area contributed by atoms with E-state index in [1.807, 2.05) is 0 Å². The third kappa shape index (κ3) is 4.04. The van der Waals surface area contributed by atoms with Crippen molar-refractivity contribution in [3.8, 4) is 0 Å². The van der Waals surface area contributed by atoms with Crippen LogP contribution in [0.4, 0.5) is 0 Å². The Morgan fingerprint density at radius 1 is 1.47 bits per heavy atom. The SMILES string of the molecule is C=C(CNCC1CCCCC1C)C(=O)O. The Bertz CT molecular complexity index is 238. The Balaban J connectivity index is 2.19. The molecular weight excluding hydrogens is 190 g/mol. The van der Waals surface area contributed by atoms with Crippen LogP contribution in [0.2, 0.25) is 0 Å². The lowest BCUT2D eigenvalue weighted by molar-refractivity contribution is -0.132. The van der Waals surface area contributed by atoms with E-state index < -0.39 is 5.97 Å². The maximum atomic E-state index is 10.5. The molecule has 0 radical (unpaired) electrons. The molecule has 15 heavy (non-hydrogen) atoms. The van der Waals surface area contributed by atoms with Crippen molar-refractivity contribution in [2.24, 2.45) is 11.8 Å². The predicted molar refractivity (Wildman–Crippen MR) is 60.8 cm³/mol. The summed E-state index contributed by atoms with van der Waals surface area (Å²) in [6.07, 6.45) is 5.25. The van der Waals surface area contributed by atoms with Crippen LogP contribution < -0.4 is 5.32 Å². The van der Waals surface area contributed by atoms with Gasteiger partial charge >= 0.3 is 5.97 Å². The van der Waals surface area contributed by atoms with Crippen LogP contribution in [0.25, 0.3) is 0 Å². The summed E-state index contributed by atoms with van der Waals surface area (Å²) in [5.41, 5.74) is 0.249. The Hall–Kier alpha value is -0.830. The average Bonchev–Trinajstić information content (AvgIpc) is 2.20. The summed E-state index contributed by atoms with van der Waals surface area (Å²) in [4.78, 5) is 10.5. The molecule has 1 rings (SSSR count). The first-order valence-electron chi connectivity index (χ1n) is 5.73. The van der Waals surface area contributed by atoms with E-state index in [4.69, 9.17) is 5.11 Å². The maximum Gasteiger partial charge on any atom is 0.332 e. The molecule has 0 saturated heterocycles. The minimum absolute atomic E-state index is 0.249. The molecule has 2 N–H and O–H groups in total. The Morgan fingerprint density at radius 3 is 2.73 bits per heavy atom. The third-order valence-corrected chi connectivity index (χ3v) is 3.34. The van der Waals surface area contributed by atoms with Crippen LogP contribution in [0.3, 0.4) is 0 Å². The lowest BCUT2D eigenvalue weighted by Crippen LogP contribution is -2.31. The molecular formula is C12H21NO2. The highest BCUT2D eigenvalue weighted by molar-refractivity contribution is 5.86. The molecule has 1 fully saturated rings. The van der Waals surface area contributed by atoms with E-state index in [0.29, 0.717) is 12.5 Å². The molecule has 0 aromatic heterocycles. The molecule has 1 aliphatic carbocycles. The molecule has 0 amide bonds. The van der Waals surface area contributed by atoms with Crippen LogP contribution in [0, 0.1) is 11.8 Å². The molecule has 2 unspecified atom stereocenters. The Morgan fingerprint density at radius 2 is 2.13 bits per heavy atom. The molecule has 2 atom stereocenters. The first-order valence-corrected chi connectivity index (χ1v) is 5.73. The second-order valence-electron chi connectivity index (χ2n) is 4.56. The maximum absolute atomic E-state index is 10.5. The highest BCUT2D eigenvalue weighted by Gasteiger charge is 2.20. The Kier molecular flexibility index (Phi) is 4.82. The van der Waals surface area contributed by atoms with E-state index in [9.17, 15) is 4.79 Å². The summed E-state index contributed by atoms with van der Waals surface area (Å²) in [5.74, 6) is 0.573. The molecule has 0 bridgehead atoms. The largest absolute Gasteiger partial charge is 0.478 e. The van der Waals surface area contributed by atoms with Crippen molar-refractivity contribution >= 4 is 5.97 Å². The minimum Gasteiger partial charge on any atom is -0.478 e. The fraction of sp³-hybridized carbons (Fsp3) is 0.750. The molecule has 3 heteroatoms. The number of carboxylic acid groups (broad SMARTS) is 1. The van der Waals surface area contributed by atoms with Gasteiger partial charge in [0.2, 0.25) is 0 Å². The molecule has 86 valence electrons. The number of carbonyl (C=O) groups is 1. The van der Waals surface area contributed by atoms with Gasteiger partial charge in [0, 0.05) is 12.1 Å². The molecule has 0 spiro atoms. The monoisotopic (exact) mass is 211 g/mol. The van der Waals surface area contributed by atoms with Gasteiger partial charge in [-0.3, -0.25) is 0 Å². The molecule has 0 aliphatic heterocycles. The van der Waals surface area contributed by atoms with Gasteiger partial charge in [0.25, 0.3) is 0 Å². The van der Waals surface area contributed by atoms with Crippen LogP contribution in [0.1, 0.15) is 32.6 Å². The number of hydrogen-bond acceptors (Lipinski definition) is 2. The van der Waals surface area contributed by atoms with Crippen molar-refractivity contribution in [1.29, 1.82) is 0 Å². The molecule has 0 aromatic rings. The smallest absolute Gasteiger partial charge is 0.332 e. The van der Waals surface area contributed by atoms with Crippen molar-refractivity contribution in [3.05, 3.63) is 12.2 Å². The van der Waals surface area contributed by atoms with Crippen LogP contribution in [0.15, 0.2) is 12.2 Å². The second-order valence-corrected chi connectivity index (χ2v) is 4.56. The van der Waals surface area contributed by atoms with Crippen molar-refractivity contribution in [1.82, 2.24) is 5.32 Å². The van der Waals surface area contributed by atoms with E-state index in [1.165, 1.54) is 25.7 Å². The average molecular weight is 211 g/mol. The highest BCUT2D eigenvalue weighted by atomic mass is 16.4. The minimum atomic E-state index is -0.904. The van der Waals surface area contributed by atoms with Crippen molar-refractivity contribution in [2.45, 2.75) is 32.6 Å². The van der Waals surface area contributed by atoms with E-state index in [2.05, 4.69) is 18.8 Å². The molecule has 3 nitrogen and oxygen atoms in total. The van der Waals surface area contributed by atoms with Gasteiger partial charge in [0.15, 0.2) is 0 Å². The van der Waals surface area contributed by atoms with Gasteiger partial charge in [-0.1, -0.05) is 32.8 Å². The van der Waals surface area contributed by atoms with Crippen molar-refractivity contribution in [3.63, 3.8) is 0 Å². The van der Waals surface area contributed by atoms with E-state index in [0.717, 1.165) is 12.5 Å². The number of carboxylic acids is 1. The standard InChI is InChI=1S/C12H21NO2/c1-9-5-3-4-6-11(9)8-13-7-10(2)12(14)15/h9,11,13H,2-8H2,1H3,(H,14,15). The highest BCUT2D eigenvalue weighted by Crippen LogP contribution is 2.28. The molecule has 1 saturated carbocycles. The van der Waals surface area contributed by atoms with Gasteiger partial charge in [0.1, 0.15) is 0 Å². The summed E-state index contributed by atoms with van der Waals surface area (Å²) in [6.45, 7) is 7.11. The number of rotatable bonds is 5. The first-order chi connectivity index (χ1) is 7.11. The van der Waals surface area contributed by atoms with Crippen molar-refractivity contribution < 1.29 is 9.90 Å². The zero-order valence-electron chi connectivity index (χ0n) is 9.46. The topological polar surface area (TPSA) is 49.3 Å². The summed E-state index contributed by atoms with van der Waals surface area (Å²) >= 11 is 0. The number of nitrogens with one attached hydrogen (secondary N) is 1. The fourth-order valence-corrected chi connectivity index (χ4v) is 2.18. The molecule has 0 aromatic carbocycles. The zero-order valence-corrected chi connectivity index (χ0v) is 9.46. The molecule has 1 aliphatic rings. The van der Waals surface area contributed by atoms with Crippen LogP contribution in [-0.4, -0.2) is 24.2 Å². The van der Waals surface area contributed by atoms with Gasteiger partial charge in [-0.2, -0.15) is 0 Å². The number of aliphatic carboxylic acids is 1. The molecule has 0 heterocycles. The van der Waals surface area contributed by atoms with Gasteiger partial charge in [-0.25, -0.2) is 4.79 Å². The lowest BCUT2D eigenvalue weighted by Gasteiger charge is -2.28. The van der Waals surface area contributed by atoms with Crippen LogP contribution in [-0.2, 0) is 4.79 Å². The summed E-state index contributed by atoms with van der Waals surface area (Å²) in [5, 5.41) is 11.8. The normalized spacial score (nSPS) is 26.2. The third-order valence-electron chi connectivity index (χ3n) is 3.34. The van der Waals surface area contributed by atoms with Gasteiger partial charge < -0.3 is 10.4 Å².